The molecule has 0 aliphatic rings. The van der Waals surface area contributed by atoms with Crippen LogP contribution < -0.4 is 5.32 Å². The molecule has 0 aromatic carbocycles. The fraction of sp³-hybridized carbons (Fsp3) is 0.385. The van der Waals surface area contributed by atoms with Crippen molar-refractivity contribution < 1.29 is 0 Å². The summed E-state index contributed by atoms with van der Waals surface area (Å²) in [6.07, 6.45) is 5.66. The molecule has 1 unspecified atom stereocenters. The van der Waals surface area contributed by atoms with Crippen molar-refractivity contribution in [1.29, 1.82) is 0 Å². The number of thiazole rings is 1. The molecule has 2 aromatic rings. The number of nitrogens with zero attached hydrogens (tertiary/aromatic N) is 2. The van der Waals surface area contributed by atoms with Crippen molar-refractivity contribution in [3.63, 3.8) is 0 Å². The number of rotatable bonds is 4. The van der Waals surface area contributed by atoms with Crippen LogP contribution in [0.15, 0.2) is 24.7 Å². The third-order valence-corrected chi connectivity index (χ3v) is 3.92. The fourth-order valence-corrected chi connectivity index (χ4v) is 2.76. The number of hydrogen-bond acceptors (Lipinski definition) is 4. The minimum atomic E-state index is 0.369. The summed E-state index contributed by atoms with van der Waals surface area (Å²) in [6.45, 7) is 7.32. The number of pyridine rings is 1. The molecule has 0 saturated carbocycles. The van der Waals surface area contributed by atoms with Crippen molar-refractivity contribution >= 4 is 11.3 Å². The van der Waals surface area contributed by atoms with Gasteiger partial charge in [-0.25, -0.2) is 4.98 Å². The van der Waals surface area contributed by atoms with Crippen LogP contribution in [-0.4, -0.2) is 16.5 Å². The number of hydrogen-bond donors (Lipinski definition) is 1. The van der Waals surface area contributed by atoms with Gasteiger partial charge in [-0.1, -0.05) is 6.92 Å². The molecule has 2 rings (SSSR count). The molecule has 90 valence electrons. The highest BCUT2D eigenvalue weighted by Crippen LogP contribution is 2.30. The Morgan fingerprint density at radius 3 is 2.94 bits per heavy atom. The van der Waals surface area contributed by atoms with Gasteiger partial charge >= 0.3 is 0 Å². The molecule has 0 amide bonds. The molecule has 0 aliphatic carbocycles. The van der Waals surface area contributed by atoms with Crippen molar-refractivity contribution in [2.24, 2.45) is 0 Å². The molecule has 2 heterocycles. The van der Waals surface area contributed by atoms with E-state index in [2.05, 4.69) is 36.1 Å². The normalized spacial score (nSPS) is 12.6. The molecule has 0 spiro atoms. The van der Waals surface area contributed by atoms with Crippen LogP contribution >= 0.6 is 11.3 Å². The van der Waals surface area contributed by atoms with Gasteiger partial charge < -0.3 is 5.32 Å². The number of aryl methyl sites for hydroxylation is 1. The maximum absolute atomic E-state index is 4.50. The standard InChI is InChI=1S/C13H17N3S/c1-4-15-10(3)12-8-16-13(17-12)11-5-6-14-7-9(11)2/h5-8,10,15H,4H2,1-3H3. The van der Waals surface area contributed by atoms with Crippen LogP contribution in [0.1, 0.15) is 30.3 Å². The van der Waals surface area contributed by atoms with Crippen LogP contribution in [0.3, 0.4) is 0 Å². The first-order valence-electron chi connectivity index (χ1n) is 5.82. The quantitative estimate of drug-likeness (QED) is 0.901. The molecule has 17 heavy (non-hydrogen) atoms. The second-order valence-corrected chi connectivity index (χ2v) is 5.10. The van der Waals surface area contributed by atoms with Gasteiger partial charge in [-0.15, -0.1) is 11.3 Å². The summed E-state index contributed by atoms with van der Waals surface area (Å²) in [7, 11) is 0. The Morgan fingerprint density at radius 1 is 1.41 bits per heavy atom. The Bertz CT molecular complexity index is 493. The van der Waals surface area contributed by atoms with E-state index in [0.717, 1.165) is 11.6 Å². The third-order valence-electron chi connectivity index (χ3n) is 2.71. The molecule has 2 aromatic heterocycles. The Balaban J connectivity index is 2.27. The van der Waals surface area contributed by atoms with Crippen molar-refractivity contribution in [1.82, 2.24) is 15.3 Å². The summed E-state index contributed by atoms with van der Waals surface area (Å²) in [5, 5.41) is 4.47. The molecule has 0 radical (unpaired) electrons. The molecule has 0 aliphatic heterocycles. The fourth-order valence-electron chi connectivity index (χ4n) is 1.73. The first-order chi connectivity index (χ1) is 8.22. The molecule has 0 saturated heterocycles. The van der Waals surface area contributed by atoms with Gasteiger partial charge in [0.2, 0.25) is 0 Å². The highest BCUT2D eigenvalue weighted by atomic mass is 32.1. The van der Waals surface area contributed by atoms with Crippen LogP contribution in [0.5, 0.6) is 0 Å². The maximum Gasteiger partial charge on any atom is 0.123 e. The molecule has 3 nitrogen and oxygen atoms in total. The van der Waals surface area contributed by atoms with E-state index in [9.17, 15) is 0 Å². The minimum absolute atomic E-state index is 0.369. The molecular formula is C13H17N3S. The van der Waals surface area contributed by atoms with E-state index in [1.54, 1.807) is 11.3 Å². The summed E-state index contributed by atoms with van der Waals surface area (Å²) < 4.78 is 0. The van der Waals surface area contributed by atoms with Gasteiger partial charge in [0.05, 0.1) is 0 Å². The molecule has 1 N–H and O–H groups in total. The highest BCUT2D eigenvalue weighted by Gasteiger charge is 2.11. The third kappa shape index (κ3) is 2.70. The second kappa shape index (κ2) is 5.38. The van der Waals surface area contributed by atoms with E-state index in [1.807, 2.05) is 24.7 Å². The molecule has 1 atom stereocenters. The summed E-state index contributed by atoms with van der Waals surface area (Å²) in [5.41, 5.74) is 2.35. The van der Waals surface area contributed by atoms with Crippen molar-refractivity contribution in [3.05, 3.63) is 35.1 Å². The minimum Gasteiger partial charge on any atom is -0.310 e. The van der Waals surface area contributed by atoms with Crippen molar-refractivity contribution in [2.45, 2.75) is 26.8 Å². The monoisotopic (exact) mass is 247 g/mol. The first kappa shape index (κ1) is 12.2. The van der Waals surface area contributed by atoms with Gasteiger partial charge in [-0.3, -0.25) is 4.98 Å². The average Bonchev–Trinajstić information content (AvgIpc) is 2.79. The van der Waals surface area contributed by atoms with Crippen LogP contribution in [0, 0.1) is 6.92 Å². The van der Waals surface area contributed by atoms with E-state index < -0.39 is 0 Å². The zero-order chi connectivity index (χ0) is 12.3. The summed E-state index contributed by atoms with van der Waals surface area (Å²) in [6, 6.07) is 2.39. The Labute approximate surface area is 106 Å². The molecule has 0 fully saturated rings. The topological polar surface area (TPSA) is 37.8 Å². The van der Waals surface area contributed by atoms with Gasteiger partial charge in [-0.2, -0.15) is 0 Å². The van der Waals surface area contributed by atoms with E-state index >= 15 is 0 Å². The maximum atomic E-state index is 4.50. The second-order valence-electron chi connectivity index (χ2n) is 4.04. The predicted molar refractivity (Wildman–Crippen MR) is 72.2 cm³/mol. The lowest BCUT2D eigenvalue weighted by molar-refractivity contribution is 0.606. The molecular weight excluding hydrogens is 230 g/mol. The SMILES string of the molecule is CCNC(C)c1cnc(-c2ccncc2C)s1. The van der Waals surface area contributed by atoms with Crippen LogP contribution in [0.4, 0.5) is 0 Å². The largest absolute Gasteiger partial charge is 0.310 e. The smallest absolute Gasteiger partial charge is 0.123 e. The van der Waals surface area contributed by atoms with E-state index in [4.69, 9.17) is 0 Å². The van der Waals surface area contributed by atoms with Gasteiger partial charge in [0.1, 0.15) is 5.01 Å². The molecule has 0 bridgehead atoms. The lowest BCUT2D eigenvalue weighted by Gasteiger charge is -2.08. The molecule has 4 heteroatoms. The van der Waals surface area contributed by atoms with E-state index in [0.29, 0.717) is 6.04 Å². The Hall–Kier alpha value is -1.26. The van der Waals surface area contributed by atoms with Crippen LogP contribution in [-0.2, 0) is 0 Å². The van der Waals surface area contributed by atoms with Crippen LogP contribution in [0.25, 0.3) is 10.6 Å². The zero-order valence-electron chi connectivity index (χ0n) is 10.4. The summed E-state index contributed by atoms with van der Waals surface area (Å²) in [5.74, 6) is 0. The predicted octanol–water partition coefficient (Wildman–Crippen LogP) is 3.18. The van der Waals surface area contributed by atoms with Gasteiger partial charge in [0.15, 0.2) is 0 Å². The lowest BCUT2D eigenvalue weighted by atomic mass is 10.2. The number of aromatic nitrogens is 2. The Morgan fingerprint density at radius 2 is 2.24 bits per heavy atom. The van der Waals surface area contributed by atoms with E-state index in [1.165, 1.54) is 16.0 Å². The summed E-state index contributed by atoms with van der Waals surface area (Å²) >= 11 is 1.75. The van der Waals surface area contributed by atoms with Crippen molar-refractivity contribution in [3.8, 4) is 10.6 Å². The van der Waals surface area contributed by atoms with E-state index in [-0.39, 0.29) is 0 Å². The summed E-state index contributed by atoms with van der Waals surface area (Å²) in [4.78, 5) is 9.88. The Kier molecular flexibility index (Phi) is 3.86. The van der Waals surface area contributed by atoms with Crippen LogP contribution in [0.2, 0.25) is 0 Å². The average molecular weight is 247 g/mol. The van der Waals surface area contributed by atoms with Gasteiger partial charge in [0, 0.05) is 35.1 Å². The number of nitrogens with one attached hydrogen (secondary N) is 1. The van der Waals surface area contributed by atoms with Gasteiger partial charge in [-0.05, 0) is 32.0 Å². The zero-order valence-corrected chi connectivity index (χ0v) is 11.2. The first-order valence-corrected chi connectivity index (χ1v) is 6.64. The van der Waals surface area contributed by atoms with Crippen molar-refractivity contribution in [2.75, 3.05) is 6.54 Å². The lowest BCUT2D eigenvalue weighted by Crippen LogP contribution is -2.16. The van der Waals surface area contributed by atoms with Gasteiger partial charge in [0.25, 0.3) is 0 Å². The highest BCUT2D eigenvalue weighted by molar-refractivity contribution is 7.15.